The second-order valence-corrected chi connectivity index (χ2v) is 11.0. The molecule has 0 aromatic heterocycles. The minimum Gasteiger partial charge on any atom is -0.497 e. The summed E-state index contributed by atoms with van der Waals surface area (Å²) >= 11 is 6.26. The second-order valence-electron chi connectivity index (χ2n) is 8.72. The van der Waals surface area contributed by atoms with Crippen molar-refractivity contribution in [2.75, 3.05) is 40.8 Å². The summed E-state index contributed by atoms with van der Waals surface area (Å²) in [5.41, 5.74) is 1.29. The van der Waals surface area contributed by atoms with Crippen molar-refractivity contribution < 1.29 is 17.9 Å². The fourth-order valence-corrected chi connectivity index (χ4v) is 6.16. The smallest absolute Gasteiger partial charge is 0.251 e. The molecule has 1 aliphatic heterocycles. The van der Waals surface area contributed by atoms with Crippen molar-refractivity contribution >= 4 is 27.5 Å². The average Bonchev–Trinajstić information content (AvgIpc) is 2.79. The lowest BCUT2D eigenvalue weighted by molar-refractivity contribution is 0.0941. The van der Waals surface area contributed by atoms with Crippen LogP contribution >= 0.6 is 11.6 Å². The van der Waals surface area contributed by atoms with Crippen molar-refractivity contribution in [3.63, 3.8) is 0 Å². The van der Waals surface area contributed by atoms with Crippen LogP contribution in [0.3, 0.4) is 0 Å². The Kier molecular flexibility index (Phi) is 8.39. The normalized spacial score (nSPS) is 18.2. The van der Waals surface area contributed by atoms with Gasteiger partial charge in [0.15, 0.2) is 0 Å². The predicted molar refractivity (Wildman–Crippen MR) is 130 cm³/mol. The molecule has 1 N–H and O–H groups in total. The van der Waals surface area contributed by atoms with Crippen LogP contribution in [0.4, 0.5) is 0 Å². The Morgan fingerprint density at radius 1 is 1.24 bits per heavy atom. The van der Waals surface area contributed by atoms with E-state index in [2.05, 4.69) is 5.32 Å². The van der Waals surface area contributed by atoms with Crippen LogP contribution in [-0.2, 0) is 10.0 Å². The number of piperidine rings is 1. The second kappa shape index (κ2) is 10.9. The van der Waals surface area contributed by atoms with Gasteiger partial charge in [-0.15, -0.1) is 0 Å². The van der Waals surface area contributed by atoms with E-state index >= 15 is 0 Å². The van der Waals surface area contributed by atoms with Gasteiger partial charge in [0.25, 0.3) is 5.91 Å². The van der Waals surface area contributed by atoms with Crippen LogP contribution in [0.5, 0.6) is 5.75 Å². The number of hydrogen-bond donors (Lipinski definition) is 1. The van der Waals surface area contributed by atoms with E-state index in [0.717, 1.165) is 24.2 Å². The SMILES string of the molecule is COc1ccc([C@H](CNC(=O)c2ccc(Cl)c(S(=O)(=O)N3CCC[C@H](C)C3)c2)N(C)C)cc1. The van der Waals surface area contributed by atoms with E-state index in [1.54, 1.807) is 13.2 Å². The first kappa shape index (κ1) is 25.5. The summed E-state index contributed by atoms with van der Waals surface area (Å²) < 4.78 is 33.1. The summed E-state index contributed by atoms with van der Waals surface area (Å²) in [6.07, 6.45) is 1.82. The molecule has 1 amide bonds. The Balaban J connectivity index is 1.77. The van der Waals surface area contributed by atoms with Crippen LogP contribution in [0, 0.1) is 5.92 Å². The molecule has 0 saturated carbocycles. The fourth-order valence-electron chi connectivity index (χ4n) is 4.06. The molecule has 2 aromatic carbocycles. The highest BCUT2D eigenvalue weighted by Crippen LogP contribution is 2.29. The van der Waals surface area contributed by atoms with Crippen molar-refractivity contribution in [3.05, 3.63) is 58.6 Å². The van der Waals surface area contributed by atoms with Crippen LogP contribution < -0.4 is 10.1 Å². The van der Waals surface area contributed by atoms with E-state index in [4.69, 9.17) is 16.3 Å². The zero-order valence-electron chi connectivity index (χ0n) is 19.5. The topological polar surface area (TPSA) is 78.9 Å². The van der Waals surface area contributed by atoms with Gasteiger partial charge in [-0.1, -0.05) is 30.7 Å². The number of sulfonamides is 1. The quantitative estimate of drug-likeness (QED) is 0.605. The van der Waals surface area contributed by atoms with Crippen LogP contribution in [0.15, 0.2) is 47.4 Å². The van der Waals surface area contributed by atoms with Gasteiger partial charge in [0.2, 0.25) is 10.0 Å². The number of benzene rings is 2. The number of likely N-dealkylation sites (N-methyl/N-ethyl adjacent to an activating group) is 1. The maximum Gasteiger partial charge on any atom is 0.251 e. The molecule has 1 saturated heterocycles. The number of carbonyl (C=O) groups excluding carboxylic acids is 1. The highest BCUT2D eigenvalue weighted by atomic mass is 35.5. The van der Waals surface area contributed by atoms with E-state index in [0.29, 0.717) is 25.6 Å². The first-order valence-corrected chi connectivity index (χ1v) is 12.8. The van der Waals surface area contributed by atoms with Crippen molar-refractivity contribution in [2.24, 2.45) is 5.92 Å². The summed E-state index contributed by atoms with van der Waals surface area (Å²) in [7, 11) is 1.72. The number of methoxy groups -OCH3 is 1. The molecule has 2 atom stereocenters. The van der Waals surface area contributed by atoms with Crippen molar-refractivity contribution in [3.8, 4) is 5.75 Å². The van der Waals surface area contributed by atoms with E-state index in [1.807, 2.05) is 50.2 Å². The first-order valence-electron chi connectivity index (χ1n) is 11.0. The average molecular weight is 494 g/mol. The molecule has 0 unspecified atom stereocenters. The number of hydrogen-bond acceptors (Lipinski definition) is 5. The summed E-state index contributed by atoms with van der Waals surface area (Å²) in [6.45, 7) is 3.32. The van der Waals surface area contributed by atoms with E-state index in [-0.39, 0.29) is 27.4 Å². The summed E-state index contributed by atoms with van der Waals surface area (Å²) in [5, 5.41) is 3.05. The number of rotatable bonds is 8. The van der Waals surface area contributed by atoms with Crippen LogP contribution in [0.2, 0.25) is 5.02 Å². The molecular formula is C24H32ClN3O4S. The number of ether oxygens (including phenoxy) is 1. The fraction of sp³-hybridized carbons (Fsp3) is 0.458. The molecule has 9 heteroatoms. The molecule has 33 heavy (non-hydrogen) atoms. The standard InChI is InChI=1S/C24H32ClN3O4S/c1-17-6-5-13-28(16-17)33(30,31)23-14-19(9-12-21(23)25)24(29)26-15-22(27(2)3)18-7-10-20(32-4)11-8-18/h7-12,14,17,22H,5-6,13,15-16H2,1-4H3,(H,26,29)/t17-,22-/m0/s1. The van der Waals surface area contributed by atoms with Gasteiger partial charge in [0.1, 0.15) is 10.6 Å². The third kappa shape index (κ3) is 6.06. The molecule has 1 heterocycles. The number of nitrogens with one attached hydrogen (secondary N) is 1. The van der Waals surface area contributed by atoms with Gasteiger partial charge in [-0.05, 0) is 68.8 Å². The van der Waals surface area contributed by atoms with Crippen molar-refractivity contribution in [1.82, 2.24) is 14.5 Å². The first-order chi connectivity index (χ1) is 15.6. The highest BCUT2D eigenvalue weighted by molar-refractivity contribution is 7.89. The lowest BCUT2D eigenvalue weighted by atomic mass is 10.0. The van der Waals surface area contributed by atoms with Crippen LogP contribution in [0.25, 0.3) is 0 Å². The van der Waals surface area contributed by atoms with E-state index in [9.17, 15) is 13.2 Å². The largest absolute Gasteiger partial charge is 0.497 e. The number of nitrogens with zero attached hydrogens (tertiary/aromatic N) is 2. The molecule has 1 fully saturated rings. The molecule has 7 nitrogen and oxygen atoms in total. The minimum absolute atomic E-state index is 0.0229. The Labute approximate surface area is 201 Å². The Bertz CT molecular complexity index is 1070. The van der Waals surface area contributed by atoms with Crippen LogP contribution in [-0.4, -0.2) is 64.4 Å². The zero-order valence-corrected chi connectivity index (χ0v) is 21.1. The molecule has 0 aliphatic carbocycles. The molecule has 0 spiro atoms. The third-order valence-corrected chi connectivity index (χ3v) is 8.36. The van der Waals surface area contributed by atoms with Crippen LogP contribution in [0.1, 0.15) is 41.7 Å². The summed E-state index contributed by atoms with van der Waals surface area (Å²) in [6, 6.07) is 12.0. The molecule has 1 aliphatic rings. The molecule has 3 rings (SSSR count). The highest BCUT2D eigenvalue weighted by Gasteiger charge is 2.31. The minimum atomic E-state index is -3.77. The Hall–Kier alpha value is -2.13. The molecule has 0 radical (unpaired) electrons. The number of carbonyl (C=O) groups is 1. The summed E-state index contributed by atoms with van der Waals surface area (Å²) in [5.74, 6) is 0.702. The number of amides is 1. The monoisotopic (exact) mass is 493 g/mol. The maximum absolute atomic E-state index is 13.2. The van der Waals surface area contributed by atoms with E-state index in [1.165, 1.54) is 16.4 Å². The molecule has 2 aromatic rings. The lowest BCUT2D eigenvalue weighted by Crippen LogP contribution is -2.39. The predicted octanol–water partition coefficient (Wildman–Crippen LogP) is 3.80. The van der Waals surface area contributed by atoms with Gasteiger partial charge >= 0.3 is 0 Å². The van der Waals surface area contributed by atoms with Crippen molar-refractivity contribution in [2.45, 2.75) is 30.7 Å². The Morgan fingerprint density at radius 3 is 2.55 bits per heavy atom. The summed E-state index contributed by atoms with van der Waals surface area (Å²) in [4.78, 5) is 14.9. The van der Waals surface area contributed by atoms with Gasteiger partial charge in [0.05, 0.1) is 18.2 Å². The Morgan fingerprint density at radius 2 is 1.94 bits per heavy atom. The lowest BCUT2D eigenvalue weighted by Gasteiger charge is -2.30. The van der Waals surface area contributed by atoms with Gasteiger partial charge < -0.3 is 15.0 Å². The van der Waals surface area contributed by atoms with Gasteiger partial charge in [0, 0.05) is 25.2 Å². The maximum atomic E-state index is 13.2. The van der Waals surface area contributed by atoms with Gasteiger partial charge in [-0.3, -0.25) is 4.79 Å². The van der Waals surface area contributed by atoms with Crippen molar-refractivity contribution in [1.29, 1.82) is 0 Å². The van der Waals surface area contributed by atoms with E-state index < -0.39 is 10.0 Å². The van der Waals surface area contributed by atoms with Gasteiger partial charge in [-0.2, -0.15) is 4.31 Å². The number of halogens is 1. The molecular weight excluding hydrogens is 462 g/mol. The zero-order chi connectivity index (χ0) is 24.2. The molecule has 0 bridgehead atoms. The third-order valence-electron chi connectivity index (χ3n) is 6.01. The van der Waals surface area contributed by atoms with Gasteiger partial charge in [-0.25, -0.2) is 8.42 Å². The molecule has 180 valence electrons.